The van der Waals surface area contributed by atoms with Crippen LogP contribution in [-0.2, 0) is 4.79 Å². The minimum Gasteiger partial charge on any atom is -0.337 e. The van der Waals surface area contributed by atoms with E-state index in [2.05, 4.69) is 36.0 Å². The molecule has 1 N–H and O–H groups in total. The maximum absolute atomic E-state index is 12.4. The van der Waals surface area contributed by atoms with Crippen LogP contribution in [0.15, 0.2) is 0 Å². The van der Waals surface area contributed by atoms with Gasteiger partial charge in [-0.25, -0.2) is 0 Å². The van der Waals surface area contributed by atoms with E-state index in [9.17, 15) is 4.79 Å². The summed E-state index contributed by atoms with van der Waals surface area (Å²) >= 11 is 0. The standard InChI is InChI=1S/C13H25N3O/c1-10-4-5-12(8-14-10)13(17)16-7-6-15(3)9-11(16)2/h10-12,14H,4-9H2,1-3H3. The van der Waals surface area contributed by atoms with Crippen LogP contribution < -0.4 is 5.32 Å². The Bertz CT molecular complexity index is 274. The molecule has 0 spiro atoms. The van der Waals surface area contributed by atoms with Crippen molar-refractivity contribution in [3.63, 3.8) is 0 Å². The van der Waals surface area contributed by atoms with Crippen LogP contribution in [0.5, 0.6) is 0 Å². The maximum atomic E-state index is 12.4. The molecule has 2 heterocycles. The summed E-state index contributed by atoms with van der Waals surface area (Å²) in [6.45, 7) is 8.11. The molecular weight excluding hydrogens is 214 g/mol. The third-order valence-corrected chi connectivity index (χ3v) is 4.12. The van der Waals surface area contributed by atoms with Gasteiger partial charge in [0.15, 0.2) is 0 Å². The lowest BCUT2D eigenvalue weighted by Gasteiger charge is -2.41. The molecule has 0 aromatic rings. The Kier molecular flexibility index (Phi) is 4.05. The molecule has 3 atom stereocenters. The average Bonchev–Trinajstić information content (AvgIpc) is 2.29. The van der Waals surface area contributed by atoms with Gasteiger partial charge in [0, 0.05) is 38.3 Å². The molecule has 0 aromatic heterocycles. The Morgan fingerprint density at radius 2 is 2.00 bits per heavy atom. The number of nitrogens with zero attached hydrogens (tertiary/aromatic N) is 2. The monoisotopic (exact) mass is 239 g/mol. The van der Waals surface area contributed by atoms with E-state index in [-0.39, 0.29) is 5.92 Å². The summed E-state index contributed by atoms with van der Waals surface area (Å²) in [5.41, 5.74) is 0. The van der Waals surface area contributed by atoms with Gasteiger partial charge in [0.25, 0.3) is 0 Å². The van der Waals surface area contributed by atoms with E-state index in [0.717, 1.165) is 39.0 Å². The Morgan fingerprint density at radius 1 is 1.24 bits per heavy atom. The molecule has 4 heteroatoms. The summed E-state index contributed by atoms with van der Waals surface area (Å²) < 4.78 is 0. The van der Waals surface area contributed by atoms with Crippen molar-refractivity contribution in [1.82, 2.24) is 15.1 Å². The quantitative estimate of drug-likeness (QED) is 0.725. The second kappa shape index (κ2) is 5.36. The molecule has 0 radical (unpaired) electrons. The lowest BCUT2D eigenvalue weighted by molar-refractivity contribution is -0.140. The van der Waals surface area contributed by atoms with Crippen molar-refractivity contribution in [1.29, 1.82) is 0 Å². The van der Waals surface area contributed by atoms with Crippen LogP contribution >= 0.6 is 0 Å². The van der Waals surface area contributed by atoms with Gasteiger partial charge in [0.2, 0.25) is 5.91 Å². The van der Waals surface area contributed by atoms with Crippen LogP contribution in [0, 0.1) is 5.92 Å². The number of rotatable bonds is 1. The number of hydrogen-bond donors (Lipinski definition) is 1. The summed E-state index contributed by atoms with van der Waals surface area (Å²) in [4.78, 5) is 16.8. The van der Waals surface area contributed by atoms with Crippen molar-refractivity contribution in [3.8, 4) is 0 Å². The van der Waals surface area contributed by atoms with Gasteiger partial charge >= 0.3 is 0 Å². The highest BCUT2D eigenvalue weighted by Gasteiger charge is 2.32. The van der Waals surface area contributed by atoms with Crippen molar-refractivity contribution in [2.24, 2.45) is 5.92 Å². The van der Waals surface area contributed by atoms with Crippen molar-refractivity contribution < 1.29 is 4.79 Å². The molecule has 0 aromatic carbocycles. The van der Waals surface area contributed by atoms with E-state index < -0.39 is 0 Å². The van der Waals surface area contributed by atoms with Crippen LogP contribution in [0.4, 0.5) is 0 Å². The van der Waals surface area contributed by atoms with Gasteiger partial charge in [-0.3, -0.25) is 4.79 Å². The average molecular weight is 239 g/mol. The normalized spacial score (nSPS) is 35.9. The number of carbonyl (C=O) groups excluding carboxylic acids is 1. The fraction of sp³-hybridized carbons (Fsp3) is 0.923. The third-order valence-electron chi connectivity index (χ3n) is 4.12. The maximum Gasteiger partial charge on any atom is 0.227 e. The number of nitrogens with one attached hydrogen (secondary N) is 1. The number of carbonyl (C=O) groups is 1. The minimum absolute atomic E-state index is 0.206. The highest BCUT2D eigenvalue weighted by molar-refractivity contribution is 5.79. The largest absolute Gasteiger partial charge is 0.337 e. The van der Waals surface area contributed by atoms with Crippen LogP contribution in [0.25, 0.3) is 0 Å². The van der Waals surface area contributed by atoms with Crippen molar-refractivity contribution in [3.05, 3.63) is 0 Å². The molecule has 17 heavy (non-hydrogen) atoms. The molecule has 4 nitrogen and oxygen atoms in total. The predicted molar refractivity (Wildman–Crippen MR) is 68.9 cm³/mol. The molecule has 0 saturated carbocycles. The van der Waals surface area contributed by atoms with E-state index >= 15 is 0 Å². The Labute approximate surface area is 104 Å². The number of piperazine rings is 1. The summed E-state index contributed by atoms with van der Waals surface area (Å²) in [6.07, 6.45) is 2.17. The predicted octanol–water partition coefficient (Wildman–Crippen LogP) is 0.537. The Morgan fingerprint density at radius 3 is 2.59 bits per heavy atom. The van der Waals surface area contributed by atoms with Crippen LogP contribution in [0.1, 0.15) is 26.7 Å². The van der Waals surface area contributed by atoms with Gasteiger partial charge in [-0.1, -0.05) is 0 Å². The number of amides is 1. The van der Waals surface area contributed by atoms with Crippen molar-refractivity contribution >= 4 is 5.91 Å². The molecule has 2 saturated heterocycles. The summed E-state index contributed by atoms with van der Waals surface area (Å²) in [5.74, 6) is 0.571. The first-order chi connectivity index (χ1) is 8.08. The molecule has 2 fully saturated rings. The summed E-state index contributed by atoms with van der Waals surface area (Å²) in [7, 11) is 2.13. The van der Waals surface area contributed by atoms with E-state index in [1.807, 2.05) is 0 Å². The molecule has 3 unspecified atom stereocenters. The molecule has 2 aliphatic rings. The fourth-order valence-corrected chi connectivity index (χ4v) is 2.91. The molecule has 2 rings (SSSR count). The van der Waals surface area contributed by atoms with Gasteiger partial charge in [-0.15, -0.1) is 0 Å². The van der Waals surface area contributed by atoms with E-state index in [0.29, 0.717) is 18.0 Å². The van der Waals surface area contributed by atoms with Gasteiger partial charge < -0.3 is 15.1 Å². The zero-order chi connectivity index (χ0) is 12.4. The Hall–Kier alpha value is -0.610. The van der Waals surface area contributed by atoms with E-state index in [4.69, 9.17) is 0 Å². The smallest absolute Gasteiger partial charge is 0.227 e. The fourth-order valence-electron chi connectivity index (χ4n) is 2.91. The van der Waals surface area contributed by atoms with Gasteiger partial charge in [-0.05, 0) is 33.7 Å². The first kappa shape index (κ1) is 12.8. The van der Waals surface area contributed by atoms with Gasteiger partial charge in [0.1, 0.15) is 0 Å². The Balaban J connectivity index is 1.91. The molecule has 0 aliphatic carbocycles. The number of likely N-dealkylation sites (N-methyl/N-ethyl adjacent to an activating group) is 1. The second-order valence-electron chi connectivity index (χ2n) is 5.73. The van der Waals surface area contributed by atoms with Gasteiger partial charge in [-0.2, -0.15) is 0 Å². The molecule has 1 amide bonds. The summed E-state index contributed by atoms with van der Waals surface area (Å²) in [6, 6.07) is 0.935. The SMILES string of the molecule is CC1CCC(C(=O)N2CCN(C)CC2C)CN1. The second-order valence-corrected chi connectivity index (χ2v) is 5.73. The zero-order valence-electron chi connectivity index (χ0n) is 11.3. The third kappa shape index (κ3) is 2.99. The molecule has 2 aliphatic heterocycles. The van der Waals surface area contributed by atoms with Crippen LogP contribution in [0.3, 0.4) is 0 Å². The van der Waals surface area contributed by atoms with Crippen LogP contribution in [-0.4, -0.2) is 61.0 Å². The van der Waals surface area contributed by atoms with Gasteiger partial charge in [0.05, 0.1) is 5.92 Å². The highest BCUT2D eigenvalue weighted by Crippen LogP contribution is 2.19. The van der Waals surface area contributed by atoms with Crippen molar-refractivity contribution in [2.45, 2.75) is 38.8 Å². The first-order valence-corrected chi connectivity index (χ1v) is 6.80. The highest BCUT2D eigenvalue weighted by atomic mass is 16.2. The lowest BCUT2D eigenvalue weighted by Crippen LogP contribution is -2.56. The number of hydrogen-bond acceptors (Lipinski definition) is 3. The lowest BCUT2D eigenvalue weighted by atomic mass is 9.93. The van der Waals surface area contributed by atoms with E-state index in [1.54, 1.807) is 0 Å². The van der Waals surface area contributed by atoms with Crippen molar-refractivity contribution in [2.75, 3.05) is 33.2 Å². The molecule has 98 valence electrons. The minimum atomic E-state index is 0.206. The summed E-state index contributed by atoms with van der Waals surface area (Å²) in [5, 5.41) is 3.42. The topological polar surface area (TPSA) is 35.6 Å². The molecular formula is C13H25N3O. The number of piperidine rings is 1. The van der Waals surface area contributed by atoms with E-state index in [1.165, 1.54) is 0 Å². The zero-order valence-corrected chi connectivity index (χ0v) is 11.3. The molecule has 0 bridgehead atoms. The van der Waals surface area contributed by atoms with Crippen LogP contribution in [0.2, 0.25) is 0 Å². The first-order valence-electron chi connectivity index (χ1n) is 6.80.